The van der Waals surface area contributed by atoms with Crippen LogP contribution in [0.3, 0.4) is 0 Å². The van der Waals surface area contributed by atoms with Crippen LogP contribution in [0.5, 0.6) is 0 Å². The van der Waals surface area contributed by atoms with Crippen LogP contribution in [0.25, 0.3) is 0 Å². The molecule has 32 heavy (non-hydrogen) atoms. The molecule has 0 fully saturated rings. The molecule has 0 saturated carbocycles. The summed E-state index contributed by atoms with van der Waals surface area (Å²) in [7, 11) is 0. The van der Waals surface area contributed by atoms with Crippen molar-refractivity contribution in [1.29, 1.82) is 0 Å². The molecule has 0 spiro atoms. The maximum Gasteiger partial charge on any atom is 0.311 e. The first-order valence-corrected chi connectivity index (χ1v) is 12.2. The number of hydrogen-bond acceptors (Lipinski definition) is 3. The van der Waals surface area contributed by atoms with E-state index in [-0.39, 0.29) is 24.1 Å². The summed E-state index contributed by atoms with van der Waals surface area (Å²) in [4.78, 5) is 34.6. The molecule has 0 rings (SSSR count). The van der Waals surface area contributed by atoms with Crippen molar-refractivity contribution in [3.63, 3.8) is 0 Å². The Labute approximate surface area is 194 Å². The van der Waals surface area contributed by atoms with Gasteiger partial charge in [0.15, 0.2) is 0 Å². The molecule has 0 bridgehead atoms. The molecule has 0 amide bonds. The topological polar surface area (TPSA) is 112 Å². The molecule has 186 valence electrons. The summed E-state index contributed by atoms with van der Waals surface area (Å²) in [5, 5.41) is 28.3. The largest absolute Gasteiger partial charge is 0.481 e. The first-order valence-electron chi connectivity index (χ1n) is 12.2. The third-order valence-electron chi connectivity index (χ3n) is 6.14. The quantitative estimate of drug-likeness (QED) is 0.134. The van der Waals surface area contributed by atoms with Gasteiger partial charge in [0.25, 0.3) is 0 Å². The van der Waals surface area contributed by atoms with Gasteiger partial charge < -0.3 is 19.8 Å². The zero-order valence-corrected chi connectivity index (χ0v) is 20.6. The van der Waals surface area contributed by atoms with Gasteiger partial charge in [0.2, 0.25) is 0 Å². The van der Waals surface area contributed by atoms with Crippen molar-refractivity contribution in [2.24, 2.45) is 17.8 Å². The average Bonchev–Trinajstić information content (AvgIpc) is 2.71. The van der Waals surface area contributed by atoms with Crippen molar-refractivity contribution in [3.8, 4) is 0 Å². The minimum Gasteiger partial charge on any atom is -0.481 e. The van der Waals surface area contributed by atoms with Crippen LogP contribution in [-0.4, -0.2) is 63.9 Å². The summed E-state index contributed by atoms with van der Waals surface area (Å²) in [6, 6.07) is 0. The highest BCUT2D eigenvalue weighted by Gasteiger charge is 2.38. The minimum atomic E-state index is -0.944. The first-order chi connectivity index (χ1) is 15.0. The number of allylic oxidation sites excluding steroid dienone is 2. The molecule has 7 nitrogen and oxygen atoms in total. The predicted octanol–water partition coefficient (Wildman–Crippen LogP) is 5.05. The van der Waals surface area contributed by atoms with E-state index in [1.165, 1.54) is 32.1 Å². The van der Waals surface area contributed by atoms with E-state index in [0.717, 1.165) is 25.7 Å². The lowest BCUT2D eigenvalue weighted by molar-refractivity contribution is -0.934. The van der Waals surface area contributed by atoms with Gasteiger partial charge in [0.1, 0.15) is 17.8 Å². The van der Waals surface area contributed by atoms with Gasteiger partial charge in [0.05, 0.1) is 26.2 Å². The number of carboxylic acid groups (broad SMARTS) is 3. The number of rotatable bonds is 20. The second kappa shape index (κ2) is 16.7. The number of aliphatic carboxylic acids is 3. The van der Waals surface area contributed by atoms with Crippen LogP contribution < -0.4 is 0 Å². The smallest absolute Gasteiger partial charge is 0.311 e. The Bertz CT molecular complexity index is 534. The zero-order chi connectivity index (χ0) is 24.6. The Balaban J connectivity index is 5.01. The SMILES string of the molecule is CCCCCCC/C=C/CCCC[N+](CC(C)C(=O)O)(CC(C)C(=O)O)CC(C)C(=O)O. The maximum absolute atomic E-state index is 11.5. The molecular formula is C25H46NO6+. The number of carbonyl (C=O) groups is 3. The summed E-state index contributed by atoms with van der Waals surface area (Å²) in [5.74, 6) is -4.86. The van der Waals surface area contributed by atoms with Gasteiger partial charge in [-0.25, -0.2) is 0 Å². The first kappa shape index (κ1) is 30.1. The molecule has 0 radical (unpaired) electrons. The van der Waals surface area contributed by atoms with Crippen molar-refractivity contribution in [2.45, 2.75) is 85.5 Å². The van der Waals surface area contributed by atoms with Crippen LogP contribution in [0.4, 0.5) is 0 Å². The van der Waals surface area contributed by atoms with E-state index in [2.05, 4.69) is 19.1 Å². The van der Waals surface area contributed by atoms with Crippen LogP contribution >= 0.6 is 0 Å². The lowest BCUT2D eigenvalue weighted by Crippen LogP contribution is -2.57. The van der Waals surface area contributed by atoms with E-state index in [1.54, 1.807) is 20.8 Å². The molecule has 0 aromatic rings. The highest BCUT2D eigenvalue weighted by atomic mass is 16.4. The monoisotopic (exact) mass is 456 g/mol. The van der Waals surface area contributed by atoms with E-state index in [0.29, 0.717) is 6.54 Å². The van der Waals surface area contributed by atoms with E-state index in [9.17, 15) is 29.7 Å². The summed E-state index contributed by atoms with van der Waals surface area (Å²) in [5.41, 5.74) is 0. The van der Waals surface area contributed by atoms with E-state index < -0.39 is 35.7 Å². The van der Waals surface area contributed by atoms with E-state index in [1.807, 2.05) is 0 Å². The van der Waals surface area contributed by atoms with Gasteiger partial charge in [0, 0.05) is 0 Å². The maximum atomic E-state index is 11.5. The Morgan fingerprint density at radius 3 is 1.41 bits per heavy atom. The van der Waals surface area contributed by atoms with Crippen LogP contribution in [-0.2, 0) is 14.4 Å². The Morgan fingerprint density at radius 2 is 1.03 bits per heavy atom. The summed E-state index contributed by atoms with van der Waals surface area (Å²) in [6.45, 7) is 8.31. The second-order valence-corrected chi connectivity index (χ2v) is 9.50. The molecule has 3 unspecified atom stereocenters. The molecule has 0 aromatic carbocycles. The van der Waals surface area contributed by atoms with Gasteiger partial charge in [-0.05, 0) is 52.9 Å². The molecule has 3 atom stereocenters. The number of hydrogen-bond donors (Lipinski definition) is 3. The zero-order valence-electron chi connectivity index (χ0n) is 20.6. The van der Waals surface area contributed by atoms with Gasteiger partial charge in [-0.15, -0.1) is 0 Å². The van der Waals surface area contributed by atoms with Gasteiger partial charge >= 0.3 is 17.9 Å². The van der Waals surface area contributed by atoms with Crippen molar-refractivity contribution in [3.05, 3.63) is 12.2 Å². The molecule has 0 aliphatic heterocycles. The Kier molecular flexibility index (Phi) is 15.7. The van der Waals surface area contributed by atoms with Crippen molar-refractivity contribution >= 4 is 17.9 Å². The van der Waals surface area contributed by atoms with Gasteiger partial charge in [-0.3, -0.25) is 14.4 Å². The number of quaternary nitrogens is 1. The fraction of sp³-hybridized carbons (Fsp3) is 0.800. The summed E-state index contributed by atoms with van der Waals surface area (Å²) < 4.78 is 0.204. The fourth-order valence-electron chi connectivity index (χ4n) is 4.29. The van der Waals surface area contributed by atoms with Crippen LogP contribution in [0, 0.1) is 17.8 Å². The summed E-state index contributed by atoms with van der Waals surface area (Å²) in [6.07, 6.45) is 14.5. The number of carboxylic acids is 3. The van der Waals surface area contributed by atoms with E-state index in [4.69, 9.17) is 0 Å². The Morgan fingerprint density at radius 1 is 0.656 bits per heavy atom. The molecule has 0 saturated heterocycles. The van der Waals surface area contributed by atoms with Crippen LogP contribution in [0.1, 0.15) is 85.5 Å². The van der Waals surface area contributed by atoms with Crippen molar-refractivity contribution in [1.82, 2.24) is 0 Å². The fourth-order valence-corrected chi connectivity index (χ4v) is 4.29. The molecule has 0 heterocycles. The minimum absolute atomic E-state index is 0.204. The molecular weight excluding hydrogens is 410 g/mol. The van der Waals surface area contributed by atoms with Crippen molar-refractivity contribution < 1.29 is 34.2 Å². The molecule has 7 heteroatoms. The average molecular weight is 457 g/mol. The Hall–Kier alpha value is -1.89. The van der Waals surface area contributed by atoms with E-state index >= 15 is 0 Å². The van der Waals surface area contributed by atoms with Gasteiger partial charge in [-0.2, -0.15) is 0 Å². The summed E-state index contributed by atoms with van der Waals surface area (Å²) >= 11 is 0. The lowest BCUT2D eigenvalue weighted by atomic mass is 10.0. The number of nitrogens with zero attached hydrogens (tertiary/aromatic N) is 1. The standard InChI is InChI=1S/C25H45NO6/c1-5-6-7-8-9-10-11-12-13-14-15-16-26(17-20(2)23(27)28,18-21(3)24(29)30)19-22(4)25(31)32/h11-12,20-22H,5-10,13-19H2,1-4H3,(H2-,27,28,29,30,31,32)/p+1/b12-11+. The molecule has 0 aliphatic carbocycles. The van der Waals surface area contributed by atoms with Gasteiger partial charge in [-0.1, -0.05) is 44.8 Å². The third kappa shape index (κ3) is 13.5. The number of unbranched alkanes of at least 4 members (excludes halogenated alkanes) is 7. The predicted molar refractivity (Wildman–Crippen MR) is 126 cm³/mol. The lowest BCUT2D eigenvalue weighted by Gasteiger charge is -2.42. The van der Waals surface area contributed by atoms with Crippen LogP contribution in [0.15, 0.2) is 12.2 Å². The third-order valence-corrected chi connectivity index (χ3v) is 6.14. The molecule has 0 aromatic heterocycles. The molecule has 0 aliphatic rings. The van der Waals surface area contributed by atoms with Crippen molar-refractivity contribution in [2.75, 3.05) is 26.2 Å². The molecule has 3 N–H and O–H groups in total. The highest BCUT2D eigenvalue weighted by Crippen LogP contribution is 2.21. The second-order valence-electron chi connectivity index (χ2n) is 9.50. The highest BCUT2D eigenvalue weighted by molar-refractivity contribution is 5.70. The van der Waals surface area contributed by atoms with Crippen LogP contribution in [0.2, 0.25) is 0 Å². The normalized spacial score (nSPS) is 16.4.